The summed E-state index contributed by atoms with van der Waals surface area (Å²) in [6.45, 7) is 2.11. The number of halogens is 1. The van der Waals surface area contributed by atoms with Crippen LogP contribution >= 0.6 is 12.4 Å². The monoisotopic (exact) mass is 292 g/mol. The van der Waals surface area contributed by atoms with Gasteiger partial charge < -0.3 is 21.3 Å². The van der Waals surface area contributed by atoms with Crippen molar-refractivity contribution in [2.75, 3.05) is 26.7 Å². The highest BCUT2D eigenvalue weighted by molar-refractivity contribution is 5.85. The van der Waals surface area contributed by atoms with Gasteiger partial charge in [0.25, 0.3) is 0 Å². The lowest BCUT2D eigenvalue weighted by Gasteiger charge is -2.36. The molecule has 0 aromatic rings. The lowest BCUT2D eigenvalue weighted by molar-refractivity contribution is -0.134. The number of nitrogens with one attached hydrogen (secondary N) is 2. The zero-order valence-corrected chi connectivity index (χ0v) is 12.3. The minimum Gasteiger partial charge on any atom is -0.352 e. The van der Waals surface area contributed by atoms with Gasteiger partial charge in [-0.05, 0) is 39.3 Å². The van der Waals surface area contributed by atoms with E-state index in [0.29, 0.717) is 13.0 Å². The molecule has 0 aliphatic carbocycles. The Balaban J connectivity index is 0.00000324. The molecule has 0 aromatic heterocycles. The number of likely N-dealkylation sites (tertiary alicyclic amines) is 1. The fourth-order valence-electron chi connectivity index (χ4n) is 2.32. The third-order valence-corrected chi connectivity index (χ3v) is 3.28. The lowest BCUT2D eigenvalue weighted by Crippen LogP contribution is -2.50. The summed E-state index contributed by atoms with van der Waals surface area (Å²) in [5.41, 5.74) is 5.07. The number of carbonyl (C=O) groups is 2. The van der Waals surface area contributed by atoms with Crippen molar-refractivity contribution in [2.45, 2.75) is 38.1 Å². The molecule has 0 aromatic carbocycles. The van der Waals surface area contributed by atoms with Crippen LogP contribution in [0.4, 0.5) is 4.79 Å². The first-order valence-corrected chi connectivity index (χ1v) is 6.62. The van der Waals surface area contributed by atoms with Crippen molar-refractivity contribution in [2.24, 2.45) is 5.73 Å². The molecule has 1 saturated heterocycles. The van der Waals surface area contributed by atoms with Gasteiger partial charge in [-0.1, -0.05) is 0 Å². The molecule has 112 valence electrons. The summed E-state index contributed by atoms with van der Waals surface area (Å²) in [6, 6.07) is -0.420. The van der Waals surface area contributed by atoms with Crippen molar-refractivity contribution in [3.63, 3.8) is 0 Å². The molecule has 7 heteroatoms. The Hall–Kier alpha value is -1.01. The highest BCUT2D eigenvalue weighted by atomic mass is 35.5. The first-order valence-electron chi connectivity index (χ1n) is 6.62. The second-order valence-electron chi connectivity index (χ2n) is 4.69. The smallest absolute Gasteiger partial charge is 0.312 e. The highest BCUT2D eigenvalue weighted by Crippen LogP contribution is 2.17. The van der Waals surface area contributed by atoms with Gasteiger partial charge in [-0.2, -0.15) is 0 Å². The molecule has 0 spiro atoms. The van der Waals surface area contributed by atoms with Gasteiger partial charge in [0.2, 0.25) is 5.91 Å². The number of primary amides is 1. The first-order chi connectivity index (χ1) is 8.65. The van der Waals surface area contributed by atoms with E-state index in [2.05, 4.69) is 10.6 Å². The molecule has 1 rings (SSSR count). The third-order valence-electron chi connectivity index (χ3n) is 3.28. The number of hydrogen-bond acceptors (Lipinski definition) is 3. The summed E-state index contributed by atoms with van der Waals surface area (Å²) in [5.74, 6) is 0.182. The topological polar surface area (TPSA) is 87.5 Å². The first kappa shape index (κ1) is 18.0. The van der Waals surface area contributed by atoms with E-state index in [1.807, 2.05) is 11.9 Å². The van der Waals surface area contributed by atoms with Crippen LogP contribution in [0.25, 0.3) is 0 Å². The summed E-state index contributed by atoms with van der Waals surface area (Å²) in [7, 11) is 1.88. The van der Waals surface area contributed by atoms with Crippen LogP contribution in [-0.4, -0.2) is 49.6 Å². The van der Waals surface area contributed by atoms with E-state index < -0.39 is 6.03 Å². The minimum atomic E-state index is -0.525. The third kappa shape index (κ3) is 6.63. The highest BCUT2D eigenvalue weighted by Gasteiger charge is 2.26. The van der Waals surface area contributed by atoms with E-state index in [1.165, 1.54) is 0 Å². The van der Waals surface area contributed by atoms with E-state index in [1.54, 1.807) is 0 Å². The van der Waals surface area contributed by atoms with Crippen molar-refractivity contribution in [1.29, 1.82) is 0 Å². The van der Waals surface area contributed by atoms with Gasteiger partial charge in [-0.3, -0.25) is 4.79 Å². The minimum absolute atomic E-state index is 0. The molecule has 0 saturated carbocycles. The molecule has 1 unspecified atom stereocenters. The number of rotatable bonds is 6. The van der Waals surface area contributed by atoms with Gasteiger partial charge in [0, 0.05) is 25.6 Å². The Morgan fingerprint density at radius 1 is 1.37 bits per heavy atom. The van der Waals surface area contributed by atoms with E-state index in [-0.39, 0.29) is 24.4 Å². The molecule has 1 fully saturated rings. The summed E-state index contributed by atoms with van der Waals surface area (Å²) >= 11 is 0. The second-order valence-corrected chi connectivity index (χ2v) is 4.69. The van der Waals surface area contributed by atoms with E-state index >= 15 is 0 Å². The van der Waals surface area contributed by atoms with Gasteiger partial charge >= 0.3 is 6.03 Å². The Morgan fingerprint density at radius 2 is 2.11 bits per heavy atom. The molecule has 6 nitrogen and oxygen atoms in total. The average molecular weight is 293 g/mol. The Kier molecular flexibility index (Phi) is 9.34. The molecular weight excluding hydrogens is 268 g/mol. The average Bonchev–Trinajstić information content (AvgIpc) is 2.37. The summed E-state index contributed by atoms with van der Waals surface area (Å²) in [5, 5.41) is 5.63. The number of piperidine rings is 1. The normalized spacial score (nSPS) is 18.6. The number of amides is 3. The summed E-state index contributed by atoms with van der Waals surface area (Å²) in [6.07, 6.45) is 4.50. The van der Waals surface area contributed by atoms with Gasteiger partial charge in [-0.25, -0.2) is 4.79 Å². The van der Waals surface area contributed by atoms with Crippen molar-refractivity contribution >= 4 is 24.3 Å². The maximum Gasteiger partial charge on any atom is 0.312 e. The van der Waals surface area contributed by atoms with Crippen molar-refractivity contribution in [1.82, 2.24) is 15.5 Å². The van der Waals surface area contributed by atoms with E-state index in [4.69, 9.17) is 5.73 Å². The number of urea groups is 1. The van der Waals surface area contributed by atoms with Crippen LogP contribution in [0.1, 0.15) is 32.1 Å². The number of nitrogens with two attached hydrogens (primary N) is 1. The summed E-state index contributed by atoms with van der Waals surface area (Å²) in [4.78, 5) is 24.7. The lowest BCUT2D eigenvalue weighted by atomic mass is 10.0. The Bertz CT molecular complexity index is 289. The quantitative estimate of drug-likeness (QED) is 0.622. The molecule has 0 bridgehead atoms. The Labute approximate surface area is 120 Å². The van der Waals surface area contributed by atoms with Crippen LogP contribution in [0.2, 0.25) is 0 Å². The number of nitrogens with zero attached hydrogens (tertiary/aromatic N) is 1. The standard InChI is InChI=1S/C12H24N4O2.ClH/c1-14-7-4-6-11(17)16-8-3-2-5-10(16)9-15-12(13)18;/h10,14H,2-9H2,1H3,(H3,13,15,18);1H. The van der Waals surface area contributed by atoms with Crippen LogP contribution in [0, 0.1) is 0 Å². The Morgan fingerprint density at radius 3 is 2.74 bits per heavy atom. The SMILES string of the molecule is CNCCCC(=O)N1CCCCC1CNC(N)=O.Cl. The van der Waals surface area contributed by atoms with Crippen LogP contribution in [-0.2, 0) is 4.79 Å². The number of carbonyl (C=O) groups excluding carboxylic acids is 2. The molecule has 1 aliphatic heterocycles. The zero-order valence-electron chi connectivity index (χ0n) is 11.5. The molecule has 0 radical (unpaired) electrons. The van der Waals surface area contributed by atoms with E-state index in [9.17, 15) is 9.59 Å². The van der Waals surface area contributed by atoms with Crippen molar-refractivity contribution < 1.29 is 9.59 Å². The van der Waals surface area contributed by atoms with Crippen LogP contribution in [0.5, 0.6) is 0 Å². The molecule has 1 aliphatic rings. The molecule has 19 heavy (non-hydrogen) atoms. The maximum atomic E-state index is 12.1. The maximum absolute atomic E-state index is 12.1. The molecule has 1 heterocycles. The van der Waals surface area contributed by atoms with Gasteiger partial charge in [0.15, 0.2) is 0 Å². The predicted molar refractivity (Wildman–Crippen MR) is 77.3 cm³/mol. The fourth-order valence-corrected chi connectivity index (χ4v) is 2.32. The largest absolute Gasteiger partial charge is 0.352 e. The van der Waals surface area contributed by atoms with Crippen molar-refractivity contribution in [3.8, 4) is 0 Å². The fraction of sp³-hybridized carbons (Fsp3) is 0.833. The zero-order chi connectivity index (χ0) is 13.4. The second kappa shape index (κ2) is 9.86. The van der Waals surface area contributed by atoms with E-state index in [0.717, 1.165) is 38.8 Å². The van der Waals surface area contributed by atoms with Crippen LogP contribution in [0.15, 0.2) is 0 Å². The van der Waals surface area contributed by atoms with Gasteiger partial charge in [-0.15, -0.1) is 12.4 Å². The predicted octanol–water partition coefficient (Wildman–Crippen LogP) is 0.457. The number of hydrogen-bond donors (Lipinski definition) is 3. The van der Waals surface area contributed by atoms with Crippen molar-refractivity contribution in [3.05, 3.63) is 0 Å². The van der Waals surface area contributed by atoms with Crippen LogP contribution in [0.3, 0.4) is 0 Å². The molecule has 3 amide bonds. The van der Waals surface area contributed by atoms with Gasteiger partial charge in [0.05, 0.1) is 0 Å². The summed E-state index contributed by atoms with van der Waals surface area (Å²) < 4.78 is 0. The van der Waals surface area contributed by atoms with Crippen LogP contribution < -0.4 is 16.4 Å². The van der Waals surface area contributed by atoms with Gasteiger partial charge in [0.1, 0.15) is 0 Å². The molecular formula is C12H25ClN4O2. The molecule has 1 atom stereocenters. The molecule has 4 N–H and O–H groups in total.